The molecule has 2 aromatic heterocycles. The quantitative estimate of drug-likeness (QED) is 0.676. The highest BCUT2D eigenvalue weighted by atomic mass is 16.5. The molecule has 1 aromatic carbocycles. The Morgan fingerprint density at radius 3 is 2.58 bits per heavy atom. The van der Waals surface area contributed by atoms with Gasteiger partial charge in [-0.15, -0.1) is 5.10 Å². The van der Waals surface area contributed by atoms with Crippen LogP contribution >= 0.6 is 0 Å². The number of aryl methyl sites for hydroxylation is 1. The fraction of sp³-hybridized carbons (Fsp3) is 0.471. The van der Waals surface area contributed by atoms with Gasteiger partial charge in [0, 0.05) is 33.1 Å². The third-order valence-corrected chi connectivity index (χ3v) is 4.76. The van der Waals surface area contributed by atoms with Crippen LogP contribution in [0.5, 0.6) is 0 Å². The number of rotatable bonds is 5. The molecule has 4 rings (SSSR count). The first-order valence-electron chi connectivity index (χ1n) is 8.80. The third kappa shape index (κ3) is 3.49. The average molecular weight is 354 g/mol. The molecule has 1 atom stereocenters. The van der Waals surface area contributed by atoms with Gasteiger partial charge in [0.05, 0.1) is 18.3 Å². The zero-order valence-corrected chi connectivity index (χ0v) is 15.0. The van der Waals surface area contributed by atoms with Crippen molar-refractivity contribution in [3.8, 4) is 5.69 Å². The van der Waals surface area contributed by atoms with Crippen LogP contribution in [-0.2, 0) is 6.54 Å². The monoisotopic (exact) mass is 354 g/mol. The number of nitrogens with zero attached hydrogens (tertiary/aromatic N) is 8. The fourth-order valence-corrected chi connectivity index (χ4v) is 3.29. The predicted molar refractivity (Wildman–Crippen MR) is 93.5 cm³/mol. The second-order valence-electron chi connectivity index (χ2n) is 6.50. The lowest BCUT2D eigenvalue weighted by atomic mass is 10.2. The predicted octanol–water partition coefficient (Wildman–Crippen LogP) is 1.23. The lowest BCUT2D eigenvalue weighted by Crippen LogP contribution is -2.47. The largest absolute Gasteiger partial charge is 0.340 e. The summed E-state index contributed by atoms with van der Waals surface area (Å²) in [5.74, 6) is 2.22. The van der Waals surface area contributed by atoms with Crippen LogP contribution in [0.15, 0.2) is 34.9 Å². The number of hydrogen-bond acceptors (Lipinski definition) is 8. The molecule has 3 heterocycles. The maximum Gasteiger partial charge on any atom is 0.223 e. The van der Waals surface area contributed by atoms with Crippen molar-refractivity contribution in [1.29, 1.82) is 0 Å². The smallest absolute Gasteiger partial charge is 0.223 e. The molecular formula is C17H22N8O. The van der Waals surface area contributed by atoms with Crippen LogP contribution in [-0.4, -0.2) is 66.3 Å². The van der Waals surface area contributed by atoms with Crippen LogP contribution < -0.4 is 0 Å². The first-order valence-corrected chi connectivity index (χ1v) is 8.80. The Bertz CT molecular complexity index is 837. The summed E-state index contributed by atoms with van der Waals surface area (Å²) in [5, 5.41) is 16.3. The molecule has 136 valence electrons. The highest BCUT2D eigenvalue weighted by molar-refractivity contribution is 5.30. The molecular weight excluding hydrogens is 332 g/mol. The molecule has 0 N–H and O–H groups in total. The molecule has 0 aliphatic carbocycles. The molecule has 0 saturated carbocycles. The van der Waals surface area contributed by atoms with E-state index < -0.39 is 0 Å². The van der Waals surface area contributed by atoms with Crippen molar-refractivity contribution in [2.24, 2.45) is 0 Å². The molecule has 1 unspecified atom stereocenters. The second kappa shape index (κ2) is 7.30. The van der Waals surface area contributed by atoms with E-state index in [4.69, 9.17) is 4.52 Å². The zero-order valence-electron chi connectivity index (χ0n) is 15.0. The molecule has 0 amide bonds. The Hall–Kier alpha value is -2.65. The molecule has 1 aliphatic rings. The van der Waals surface area contributed by atoms with Gasteiger partial charge in [-0.25, -0.2) is 0 Å². The van der Waals surface area contributed by atoms with Gasteiger partial charge >= 0.3 is 0 Å². The van der Waals surface area contributed by atoms with Crippen LogP contribution in [0.3, 0.4) is 0 Å². The molecule has 1 saturated heterocycles. The van der Waals surface area contributed by atoms with Crippen molar-refractivity contribution < 1.29 is 4.52 Å². The Morgan fingerprint density at radius 2 is 1.88 bits per heavy atom. The number of para-hydroxylation sites is 1. The summed E-state index contributed by atoms with van der Waals surface area (Å²) in [6.07, 6.45) is 0. The molecule has 3 aromatic rings. The van der Waals surface area contributed by atoms with Gasteiger partial charge in [-0.2, -0.15) is 9.67 Å². The normalized spacial score (nSPS) is 17.5. The van der Waals surface area contributed by atoms with E-state index in [1.165, 1.54) is 0 Å². The average Bonchev–Trinajstić information content (AvgIpc) is 3.32. The molecule has 0 bridgehead atoms. The Kier molecular flexibility index (Phi) is 4.72. The topological polar surface area (TPSA) is 89.0 Å². The number of tetrazole rings is 1. The number of piperazine rings is 1. The van der Waals surface area contributed by atoms with E-state index in [2.05, 4.69) is 42.4 Å². The number of aromatic nitrogens is 6. The van der Waals surface area contributed by atoms with Crippen LogP contribution in [0.1, 0.15) is 30.5 Å². The lowest BCUT2D eigenvalue weighted by Gasteiger charge is -2.36. The highest BCUT2D eigenvalue weighted by Crippen LogP contribution is 2.21. The third-order valence-electron chi connectivity index (χ3n) is 4.76. The van der Waals surface area contributed by atoms with Gasteiger partial charge < -0.3 is 4.52 Å². The first-order chi connectivity index (χ1) is 12.7. The molecule has 1 fully saturated rings. The van der Waals surface area contributed by atoms with Crippen LogP contribution in [0.25, 0.3) is 5.69 Å². The van der Waals surface area contributed by atoms with Crippen LogP contribution in [0.4, 0.5) is 0 Å². The van der Waals surface area contributed by atoms with Gasteiger partial charge in [-0.3, -0.25) is 9.80 Å². The van der Waals surface area contributed by atoms with Crippen molar-refractivity contribution in [3.05, 3.63) is 47.9 Å². The van der Waals surface area contributed by atoms with E-state index in [1.54, 1.807) is 0 Å². The number of hydrogen-bond donors (Lipinski definition) is 0. The maximum atomic E-state index is 5.05. The summed E-state index contributed by atoms with van der Waals surface area (Å²) in [5.41, 5.74) is 0.977. The summed E-state index contributed by atoms with van der Waals surface area (Å²) in [6.45, 7) is 8.48. The second-order valence-corrected chi connectivity index (χ2v) is 6.50. The summed E-state index contributed by atoms with van der Waals surface area (Å²) in [4.78, 5) is 9.03. The van der Waals surface area contributed by atoms with Crippen molar-refractivity contribution in [2.75, 3.05) is 26.2 Å². The summed E-state index contributed by atoms with van der Waals surface area (Å²) in [7, 11) is 0. The zero-order chi connectivity index (χ0) is 17.9. The first kappa shape index (κ1) is 16.8. The standard InChI is InChI=1S/C17H22N8O/c1-13(17-19-21-22-25(17)15-6-4-3-5-7-15)24-10-8-23(9-11-24)12-16-18-14(2)26-20-16/h3-7,13H,8-12H2,1-2H3. The van der Waals surface area contributed by atoms with E-state index in [9.17, 15) is 0 Å². The Balaban J connectivity index is 1.40. The molecule has 1 aliphatic heterocycles. The van der Waals surface area contributed by atoms with Crippen molar-refractivity contribution in [2.45, 2.75) is 26.4 Å². The number of benzene rings is 1. The SMILES string of the molecule is Cc1nc(CN2CCN(C(C)c3nnnn3-c3ccccc3)CC2)no1. The Morgan fingerprint density at radius 1 is 1.12 bits per heavy atom. The van der Waals surface area contributed by atoms with E-state index >= 15 is 0 Å². The van der Waals surface area contributed by atoms with Gasteiger partial charge in [0.1, 0.15) is 0 Å². The van der Waals surface area contributed by atoms with E-state index in [0.717, 1.165) is 50.1 Å². The van der Waals surface area contributed by atoms with Gasteiger partial charge in [0.15, 0.2) is 11.6 Å². The van der Waals surface area contributed by atoms with Crippen LogP contribution in [0.2, 0.25) is 0 Å². The Labute approximate surface area is 151 Å². The highest BCUT2D eigenvalue weighted by Gasteiger charge is 2.26. The molecule has 26 heavy (non-hydrogen) atoms. The van der Waals surface area contributed by atoms with Gasteiger partial charge in [-0.1, -0.05) is 23.4 Å². The van der Waals surface area contributed by atoms with E-state index in [1.807, 2.05) is 41.9 Å². The maximum absolute atomic E-state index is 5.05. The lowest BCUT2D eigenvalue weighted by molar-refractivity contribution is 0.0918. The van der Waals surface area contributed by atoms with Crippen molar-refractivity contribution in [1.82, 2.24) is 40.1 Å². The van der Waals surface area contributed by atoms with Gasteiger partial charge in [-0.05, 0) is 29.5 Å². The molecule has 0 spiro atoms. The minimum Gasteiger partial charge on any atom is -0.340 e. The van der Waals surface area contributed by atoms with E-state index in [-0.39, 0.29) is 6.04 Å². The molecule has 0 radical (unpaired) electrons. The summed E-state index contributed by atoms with van der Waals surface area (Å²) in [6, 6.07) is 10.1. The minimum absolute atomic E-state index is 0.139. The van der Waals surface area contributed by atoms with Crippen molar-refractivity contribution >= 4 is 0 Å². The fourth-order valence-electron chi connectivity index (χ4n) is 3.29. The van der Waals surface area contributed by atoms with Crippen LogP contribution in [0, 0.1) is 6.92 Å². The van der Waals surface area contributed by atoms with Crippen molar-refractivity contribution in [3.63, 3.8) is 0 Å². The molecule has 9 heteroatoms. The van der Waals surface area contributed by atoms with Gasteiger partial charge in [0.2, 0.25) is 5.89 Å². The summed E-state index contributed by atoms with van der Waals surface area (Å²) < 4.78 is 6.87. The van der Waals surface area contributed by atoms with Gasteiger partial charge in [0.25, 0.3) is 0 Å². The molecule has 9 nitrogen and oxygen atoms in total. The minimum atomic E-state index is 0.139. The summed E-state index contributed by atoms with van der Waals surface area (Å²) >= 11 is 0. The van der Waals surface area contributed by atoms with E-state index in [0.29, 0.717) is 5.89 Å².